The van der Waals surface area contributed by atoms with Gasteiger partial charge in [-0.25, -0.2) is 12.7 Å². The fourth-order valence-electron chi connectivity index (χ4n) is 4.01. The average Bonchev–Trinajstić information content (AvgIpc) is 3.50. The van der Waals surface area contributed by atoms with Crippen molar-refractivity contribution in [3.63, 3.8) is 0 Å². The van der Waals surface area contributed by atoms with Crippen molar-refractivity contribution in [1.29, 1.82) is 0 Å². The zero-order valence-electron chi connectivity index (χ0n) is 18.4. The van der Waals surface area contributed by atoms with Crippen LogP contribution in [0.5, 0.6) is 11.5 Å². The molecule has 2 aliphatic rings. The molecular weight excluding hydrogens is 440 g/mol. The van der Waals surface area contributed by atoms with Gasteiger partial charge in [-0.1, -0.05) is 30.3 Å². The fourth-order valence-corrected chi connectivity index (χ4v) is 4.96. The van der Waals surface area contributed by atoms with Gasteiger partial charge in [0, 0.05) is 19.8 Å². The zero-order valence-corrected chi connectivity index (χ0v) is 19.2. The SMILES string of the molecule is CN(C)S(=O)(=O)c1cccc(-c2ccc(NC(=O)C3(c4ccc5c(c4)OCO5)CC3)cc2)c1. The average molecular weight is 465 g/mol. The van der Waals surface area contributed by atoms with Crippen molar-refractivity contribution < 1.29 is 22.7 Å². The molecule has 8 heteroatoms. The van der Waals surface area contributed by atoms with Crippen molar-refractivity contribution in [1.82, 2.24) is 4.31 Å². The van der Waals surface area contributed by atoms with Crippen molar-refractivity contribution in [3.05, 3.63) is 72.3 Å². The van der Waals surface area contributed by atoms with Crippen LogP contribution in [0.3, 0.4) is 0 Å². The van der Waals surface area contributed by atoms with Gasteiger partial charge in [-0.05, 0) is 65.9 Å². The van der Waals surface area contributed by atoms with Gasteiger partial charge in [-0.2, -0.15) is 0 Å². The predicted octanol–water partition coefficient (Wildman–Crippen LogP) is 4.00. The molecule has 1 aliphatic heterocycles. The molecule has 33 heavy (non-hydrogen) atoms. The molecule has 1 N–H and O–H groups in total. The van der Waals surface area contributed by atoms with E-state index in [9.17, 15) is 13.2 Å². The van der Waals surface area contributed by atoms with Crippen LogP contribution < -0.4 is 14.8 Å². The van der Waals surface area contributed by atoms with Gasteiger partial charge >= 0.3 is 0 Å². The van der Waals surface area contributed by atoms with Crippen LogP contribution >= 0.6 is 0 Å². The molecule has 1 heterocycles. The third-order valence-electron chi connectivity index (χ3n) is 6.20. The number of carbonyl (C=O) groups is 1. The number of nitrogens with one attached hydrogen (secondary N) is 1. The molecule has 0 radical (unpaired) electrons. The number of ether oxygens (including phenoxy) is 2. The Morgan fingerprint density at radius 3 is 2.33 bits per heavy atom. The number of carbonyl (C=O) groups excluding carboxylic acids is 1. The van der Waals surface area contributed by atoms with Crippen molar-refractivity contribution in [3.8, 4) is 22.6 Å². The topological polar surface area (TPSA) is 84.9 Å². The molecule has 170 valence electrons. The third kappa shape index (κ3) is 3.85. The van der Waals surface area contributed by atoms with Gasteiger partial charge in [-0.15, -0.1) is 0 Å². The summed E-state index contributed by atoms with van der Waals surface area (Å²) in [5.41, 5.74) is 2.72. The summed E-state index contributed by atoms with van der Waals surface area (Å²) < 4.78 is 36.9. The summed E-state index contributed by atoms with van der Waals surface area (Å²) in [4.78, 5) is 13.4. The first kappa shape index (κ1) is 21.5. The van der Waals surface area contributed by atoms with E-state index in [-0.39, 0.29) is 17.6 Å². The first-order chi connectivity index (χ1) is 15.8. The number of benzene rings is 3. The number of anilines is 1. The summed E-state index contributed by atoms with van der Waals surface area (Å²) in [7, 11) is -0.492. The molecule has 5 rings (SSSR count). The Balaban J connectivity index is 1.33. The molecule has 3 aromatic rings. The molecule has 1 aliphatic carbocycles. The first-order valence-electron chi connectivity index (χ1n) is 10.6. The summed E-state index contributed by atoms with van der Waals surface area (Å²) in [5, 5.41) is 3.03. The Morgan fingerprint density at radius 1 is 0.909 bits per heavy atom. The number of amides is 1. The van der Waals surface area contributed by atoms with Crippen LogP contribution in [0.4, 0.5) is 5.69 Å². The Labute approximate surface area is 193 Å². The lowest BCUT2D eigenvalue weighted by molar-refractivity contribution is -0.118. The van der Waals surface area contributed by atoms with Crippen LogP contribution in [-0.4, -0.2) is 39.5 Å². The second-order valence-corrected chi connectivity index (χ2v) is 10.6. The Kier molecular flexibility index (Phi) is 5.14. The van der Waals surface area contributed by atoms with Gasteiger partial charge in [0.05, 0.1) is 10.3 Å². The van der Waals surface area contributed by atoms with Crippen LogP contribution in [0, 0.1) is 0 Å². The number of rotatable bonds is 6. The Hall–Kier alpha value is -3.36. The smallest absolute Gasteiger partial charge is 0.242 e. The molecule has 7 nitrogen and oxygen atoms in total. The summed E-state index contributed by atoms with van der Waals surface area (Å²) >= 11 is 0. The minimum absolute atomic E-state index is 0.0480. The second kappa shape index (κ2) is 7.90. The minimum atomic E-state index is -3.51. The van der Waals surface area contributed by atoms with Crippen LogP contribution in [-0.2, 0) is 20.2 Å². The fraction of sp³-hybridized carbons (Fsp3) is 0.240. The molecule has 0 spiro atoms. The Bertz CT molecular complexity index is 1330. The highest BCUT2D eigenvalue weighted by Gasteiger charge is 2.51. The van der Waals surface area contributed by atoms with Crippen molar-refractivity contribution in [2.24, 2.45) is 0 Å². The third-order valence-corrected chi connectivity index (χ3v) is 8.01. The predicted molar refractivity (Wildman–Crippen MR) is 125 cm³/mol. The molecule has 1 saturated carbocycles. The molecule has 0 unspecified atom stereocenters. The molecule has 0 bridgehead atoms. The largest absolute Gasteiger partial charge is 0.454 e. The lowest BCUT2D eigenvalue weighted by atomic mass is 9.94. The van der Waals surface area contributed by atoms with E-state index in [0.717, 1.165) is 29.5 Å². The van der Waals surface area contributed by atoms with Gasteiger partial charge in [0.2, 0.25) is 22.7 Å². The zero-order chi connectivity index (χ0) is 23.2. The molecule has 0 saturated heterocycles. The normalized spacial score (nSPS) is 16.0. The number of sulfonamides is 1. The van der Waals surface area contributed by atoms with E-state index < -0.39 is 15.4 Å². The molecule has 1 amide bonds. The quantitative estimate of drug-likeness (QED) is 0.596. The highest BCUT2D eigenvalue weighted by atomic mass is 32.2. The monoisotopic (exact) mass is 464 g/mol. The van der Waals surface area contributed by atoms with Gasteiger partial charge < -0.3 is 14.8 Å². The molecule has 0 atom stereocenters. The van der Waals surface area contributed by atoms with Gasteiger partial charge in [-0.3, -0.25) is 4.79 Å². The van der Waals surface area contributed by atoms with E-state index >= 15 is 0 Å². The molecule has 3 aromatic carbocycles. The van der Waals surface area contributed by atoms with Crippen molar-refractivity contribution >= 4 is 21.6 Å². The van der Waals surface area contributed by atoms with Gasteiger partial charge in [0.25, 0.3) is 0 Å². The van der Waals surface area contributed by atoms with E-state index in [4.69, 9.17) is 9.47 Å². The first-order valence-corrected chi connectivity index (χ1v) is 12.1. The summed E-state index contributed by atoms with van der Waals surface area (Å²) in [6.07, 6.45) is 1.56. The van der Waals surface area contributed by atoms with Gasteiger partial charge in [0.15, 0.2) is 11.5 Å². The number of fused-ring (bicyclic) bond motifs is 1. The van der Waals surface area contributed by atoms with Crippen molar-refractivity contribution in [2.75, 3.05) is 26.2 Å². The van der Waals surface area contributed by atoms with E-state index in [2.05, 4.69) is 5.32 Å². The number of hydrogen-bond acceptors (Lipinski definition) is 5. The summed E-state index contributed by atoms with van der Waals surface area (Å²) in [6, 6.07) is 19.9. The molecule has 1 fully saturated rings. The van der Waals surface area contributed by atoms with E-state index in [0.29, 0.717) is 17.2 Å². The van der Waals surface area contributed by atoms with E-state index in [1.807, 2.05) is 48.5 Å². The lowest BCUT2D eigenvalue weighted by Crippen LogP contribution is -2.27. The Morgan fingerprint density at radius 2 is 1.64 bits per heavy atom. The molecule has 0 aromatic heterocycles. The highest BCUT2D eigenvalue weighted by molar-refractivity contribution is 7.89. The molecular formula is C25H24N2O5S. The highest BCUT2D eigenvalue weighted by Crippen LogP contribution is 2.51. The van der Waals surface area contributed by atoms with E-state index in [1.165, 1.54) is 18.4 Å². The standard InChI is InChI=1S/C25H24N2O5S/c1-27(2)33(29,30)21-5-3-4-18(14-21)17-6-9-20(10-7-17)26-24(28)25(12-13-25)19-8-11-22-23(15-19)32-16-31-22/h3-11,14-15H,12-13,16H2,1-2H3,(H,26,28). The summed E-state index contributed by atoms with van der Waals surface area (Å²) in [5.74, 6) is 1.33. The number of hydrogen-bond donors (Lipinski definition) is 1. The lowest BCUT2D eigenvalue weighted by Gasteiger charge is -2.17. The second-order valence-electron chi connectivity index (χ2n) is 8.50. The number of nitrogens with zero attached hydrogens (tertiary/aromatic N) is 1. The van der Waals surface area contributed by atoms with Crippen LogP contribution in [0.2, 0.25) is 0 Å². The van der Waals surface area contributed by atoms with Gasteiger partial charge in [0.1, 0.15) is 0 Å². The minimum Gasteiger partial charge on any atom is -0.454 e. The maximum atomic E-state index is 13.1. The van der Waals surface area contributed by atoms with Crippen LogP contribution in [0.25, 0.3) is 11.1 Å². The summed E-state index contributed by atoms with van der Waals surface area (Å²) in [6.45, 7) is 0.203. The maximum absolute atomic E-state index is 13.1. The van der Waals surface area contributed by atoms with Crippen molar-refractivity contribution in [2.45, 2.75) is 23.2 Å². The maximum Gasteiger partial charge on any atom is 0.242 e. The van der Waals surface area contributed by atoms with Crippen LogP contribution in [0.1, 0.15) is 18.4 Å². The van der Waals surface area contributed by atoms with E-state index in [1.54, 1.807) is 18.2 Å². The van der Waals surface area contributed by atoms with Crippen LogP contribution in [0.15, 0.2) is 71.6 Å².